The van der Waals surface area contributed by atoms with Gasteiger partial charge in [0.2, 0.25) is 0 Å². The van der Waals surface area contributed by atoms with E-state index in [9.17, 15) is 0 Å². The first kappa shape index (κ1) is 18.5. The van der Waals surface area contributed by atoms with Crippen LogP contribution in [0.15, 0.2) is 47.7 Å². The number of benzene rings is 1. The topological polar surface area (TPSA) is 54.7 Å². The number of morpholine rings is 1. The molecule has 0 saturated carbocycles. The molecular weight excluding hydrogens is 326 g/mol. The molecule has 1 fully saturated rings. The monoisotopic (exact) mass is 355 g/mol. The van der Waals surface area contributed by atoms with Gasteiger partial charge in [-0.25, -0.2) is 0 Å². The van der Waals surface area contributed by atoms with Gasteiger partial charge in [-0.15, -0.1) is 0 Å². The molecule has 140 valence electrons. The molecular formula is C20H29N5O. The van der Waals surface area contributed by atoms with Gasteiger partial charge in [0.25, 0.3) is 0 Å². The quantitative estimate of drug-likeness (QED) is 0.661. The molecule has 0 aliphatic carbocycles. The van der Waals surface area contributed by atoms with Gasteiger partial charge in [-0.1, -0.05) is 31.2 Å². The Kier molecular flexibility index (Phi) is 6.28. The third-order valence-electron chi connectivity index (χ3n) is 4.78. The Morgan fingerprint density at radius 1 is 1.38 bits per heavy atom. The van der Waals surface area contributed by atoms with E-state index in [0.29, 0.717) is 12.5 Å². The zero-order valence-corrected chi connectivity index (χ0v) is 15.9. The molecule has 1 aliphatic rings. The first-order chi connectivity index (χ1) is 12.7. The average Bonchev–Trinajstić information content (AvgIpc) is 3.16. The van der Waals surface area contributed by atoms with Crippen molar-refractivity contribution in [1.29, 1.82) is 0 Å². The molecule has 6 nitrogen and oxygen atoms in total. The molecule has 2 atom stereocenters. The Bertz CT molecular complexity index is 713. The lowest BCUT2D eigenvalue weighted by Crippen LogP contribution is -2.49. The molecule has 1 aromatic carbocycles. The molecule has 0 bridgehead atoms. The van der Waals surface area contributed by atoms with Crippen molar-refractivity contribution >= 4 is 5.96 Å². The Labute approximate surface area is 155 Å². The number of rotatable bonds is 5. The highest BCUT2D eigenvalue weighted by molar-refractivity contribution is 5.80. The highest BCUT2D eigenvalue weighted by atomic mass is 16.5. The minimum atomic E-state index is 0.0880. The van der Waals surface area contributed by atoms with Crippen molar-refractivity contribution in [2.45, 2.75) is 26.5 Å². The third-order valence-corrected chi connectivity index (χ3v) is 4.78. The molecule has 2 aromatic rings. The summed E-state index contributed by atoms with van der Waals surface area (Å²) in [4.78, 5) is 6.78. The van der Waals surface area contributed by atoms with E-state index in [-0.39, 0.29) is 6.10 Å². The summed E-state index contributed by atoms with van der Waals surface area (Å²) in [7, 11) is 1.85. The average molecular weight is 355 g/mol. The van der Waals surface area contributed by atoms with Gasteiger partial charge in [-0.2, -0.15) is 5.10 Å². The van der Waals surface area contributed by atoms with Crippen molar-refractivity contribution in [1.82, 2.24) is 20.0 Å². The first-order valence-corrected chi connectivity index (χ1v) is 9.27. The van der Waals surface area contributed by atoms with Gasteiger partial charge < -0.3 is 15.0 Å². The summed E-state index contributed by atoms with van der Waals surface area (Å²) in [5.74, 6) is 1.40. The number of aryl methyl sites for hydroxylation is 1. The van der Waals surface area contributed by atoms with Crippen LogP contribution in [0.3, 0.4) is 0 Å². The van der Waals surface area contributed by atoms with Crippen LogP contribution in [0.2, 0.25) is 0 Å². The molecule has 0 radical (unpaired) electrons. The highest BCUT2D eigenvalue weighted by Gasteiger charge is 2.25. The van der Waals surface area contributed by atoms with Crippen molar-refractivity contribution in [3.63, 3.8) is 0 Å². The molecule has 1 aliphatic heterocycles. The summed E-state index contributed by atoms with van der Waals surface area (Å²) in [5, 5.41) is 7.79. The number of guanidine groups is 1. The lowest BCUT2D eigenvalue weighted by molar-refractivity contribution is -0.00836. The Balaban J connectivity index is 1.56. The van der Waals surface area contributed by atoms with Crippen molar-refractivity contribution in [3.05, 3.63) is 53.9 Å². The van der Waals surface area contributed by atoms with Crippen LogP contribution in [0.25, 0.3) is 0 Å². The smallest absolute Gasteiger partial charge is 0.193 e. The van der Waals surface area contributed by atoms with Crippen LogP contribution in [0.4, 0.5) is 0 Å². The van der Waals surface area contributed by atoms with E-state index < -0.39 is 0 Å². The first-order valence-electron chi connectivity index (χ1n) is 9.27. The Morgan fingerprint density at radius 3 is 2.96 bits per heavy atom. The molecule has 1 aromatic heterocycles. The third kappa shape index (κ3) is 4.64. The molecule has 2 heterocycles. The molecule has 6 heteroatoms. The Hall–Kier alpha value is -2.34. The minimum absolute atomic E-state index is 0.0880. The van der Waals surface area contributed by atoms with Gasteiger partial charge in [0.05, 0.1) is 13.2 Å². The van der Waals surface area contributed by atoms with Crippen LogP contribution in [-0.2, 0) is 11.3 Å². The van der Waals surface area contributed by atoms with Gasteiger partial charge in [-0.05, 0) is 30.0 Å². The molecule has 2 unspecified atom stereocenters. The molecule has 1 N–H and O–H groups in total. The van der Waals surface area contributed by atoms with E-state index in [2.05, 4.69) is 58.4 Å². The second kappa shape index (κ2) is 8.85. The van der Waals surface area contributed by atoms with Gasteiger partial charge >= 0.3 is 0 Å². The van der Waals surface area contributed by atoms with Crippen molar-refractivity contribution < 1.29 is 4.74 Å². The van der Waals surface area contributed by atoms with E-state index in [1.54, 1.807) is 0 Å². The summed E-state index contributed by atoms with van der Waals surface area (Å²) < 4.78 is 8.00. The van der Waals surface area contributed by atoms with Crippen LogP contribution >= 0.6 is 0 Å². The fourth-order valence-corrected chi connectivity index (χ4v) is 3.37. The van der Waals surface area contributed by atoms with Crippen molar-refractivity contribution in [3.8, 4) is 0 Å². The summed E-state index contributed by atoms with van der Waals surface area (Å²) >= 11 is 0. The zero-order valence-electron chi connectivity index (χ0n) is 15.9. The van der Waals surface area contributed by atoms with Crippen LogP contribution in [0.5, 0.6) is 0 Å². The maximum absolute atomic E-state index is 6.03. The van der Waals surface area contributed by atoms with E-state index in [4.69, 9.17) is 4.74 Å². The van der Waals surface area contributed by atoms with E-state index in [1.165, 1.54) is 11.1 Å². The minimum Gasteiger partial charge on any atom is -0.370 e. The van der Waals surface area contributed by atoms with Gasteiger partial charge in [0, 0.05) is 39.1 Å². The zero-order chi connectivity index (χ0) is 18.4. The standard InChI is InChI=1S/C20H29N5O/c1-16(14-25-10-6-9-23-25)13-22-20(21-3)24-11-12-26-19(15-24)18-8-5-4-7-17(18)2/h4-10,16,19H,11-15H2,1-3H3,(H,21,22). The Morgan fingerprint density at radius 2 is 2.23 bits per heavy atom. The van der Waals surface area contributed by atoms with E-state index >= 15 is 0 Å². The van der Waals surface area contributed by atoms with Gasteiger partial charge in [0.15, 0.2) is 5.96 Å². The lowest BCUT2D eigenvalue weighted by Gasteiger charge is -2.36. The second-order valence-electron chi connectivity index (χ2n) is 6.92. The SMILES string of the molecule is CN=C(NCC(C)Cn1cccn1)N1CCOC(c2ccccc2C)C1. The van der Waals surface area contributed by atoms with Crippen LogP contribution in [0, 0.1) is 12.8 Å². The number of hydrogen-bond acceptors (Lipinski definition) is 3. The molecule has 0 spiro atoms. The second-order valence-corrected chi connectivity index (χ2v) is 6.92. The summed E-state index contributed by atoms with van der Waals surface area (Å²) in [6, 6.07) is 10.4. The summed E-state index contributed by atoms with van der Waals surface area (Å²) in [6.45, 7) is 8.50. The van der Waals surface area contributed by atoms with E-state index in [1.807, 2.05) is 30.2 Å². The number of aliphatic imine (C=N–C) groups is 1. The molecule has 26 heavy (non-hydrogen) atoms. The lowest BCUT2D eigenvalue weighted by atomic mass is 10.0. The largest absolute Gasteiger partial charge is 0.370 e. The van der Waals surface area contributed by atoms with Crippen molar-refractivity contribution in [2.24, 2.45) is 10.9 Å². The van der Waals surface area contributed by atoms with Gasteiger partial charge in [-0.3, -0.25) is 9.67 Å². The fourth-order valence-electron chi connectivity index (χ4n) is 3.37. The number of nitrogens with zero attached hydrogens (tertiary/aromatic N) is 4. The normalized spacial score (nSPS) is 19.4. The van der Waals surface area contributed by atoms with Gasteiger partial charge in [0.1, 0.15) is 6.10 Å². The number of aromatic nitrogens is 2. The predicted molar refractivity (Wildman–Crippen MR) is 104 cm³/mol. The van der Waals surface area contributed by atoms with Crippen LogP contribution in [0.1, 0.15) is 24.2 Å². The summed E-state index contributed by atoms with van der Waals surface area (Å²) in [6.07, 6.45) is 3.91. The fraction of sp³-hybridized carbons (Fsp3) is 0.500. The van der Waals surface area contributed by atoms with Crippen LogP contribution in [-0.4, -0.2) is 53.9 Å². The number of hydrogen-bond donors (Lipinski definition) is 1. The number of ether oxygens (including phenoxy) is 1. The van der Waals surface area contributed by atoms with E-state index in [0.717, 1.165) is 32.1 Å². The predicted octanol–water partition coefficient (Wildman–Crippen LogP) is 2.48. The number of nitrogens with one attached hydrogen (secondary N) is 1. The molecule has 0 amide bonds. The maximum Gasteiger partial charge on any atom is 0.193 e. The highest BCUT2D eigenvalue weighted by Crippen LogP contribution is 2.24. The molecule has 1 saturated heterocycles. The summed E-state index contributed by atoms with van der Waals surface area (Å²) in [5.41, 5.74) is 2.54. The van der Waals surface area contributed by atoms with Crippen LogP contribution < -0.4 is 5.32 Å². The van der Waals surface area contributed by atoms with Crippen molar-refractivity contribution in [2.75, 3.05) is 33.3 Å². The maximum atomic E-state index is 6.03. The molecule has 3 rings (SSSR count).